The van der Waals surface area contributed by atoms with Crippen LogP contribution in [0.4, 0.5) is 8.78 Å². The van der Waals surface area contributed by atoms with Crippen molar-refractivity contribution in [3.8, 4) is 17.0 Å². The van der Waals surface area contributed by atoms with E-state index in [0.29, 0.717) is 19.7 Å². The average Bonchev–Trinajstić information content (AvgIpc) is 2.90. The molecule has 1 aliphatic heterocycles. The molecule has 0 radical (unpaired) electrons. The lowest BCUT2D eigenvalue weighted by Gasteiger charge is -2.16. The Kier molecular flexibility index (Phi) is 4.21. The number of rotatable bonds is 3. The third-order valence-electron chi connectivity index (χ3n) is 3.49. The number of amides is 1. The van der Waals surface area contributed by atoms with Gasteiger partial charge in [0.2, 0.25) is 5.88 Å². The van der Waals surface area contributed by atoms with Gasteiger partial charge in [0.25, 0.3) is 5.91 Å². The Bertz CT molecular complexity index is 777. The molecule has 1 aliphatic rings. The normalized spacial score (nSPS) is 13.4. The van der Waals surface area contributed by atoms with Gasteiger partial charge in [-0.1, -0.05) is 11.6 Å². The van der Waals surface area contributed by atoms with Crippen LogP contribution in [0.3, 0.4) is 0 Å². The van der Waals surface area contributed by atoms with Crippen LogP contribution < -0.4 is 10.1 Å². The van der Waals surface area contributed by atoms with Crippen LogP contribution in [-0.2, 0) is 6.54 Å². The van der Waals surface area contributed by atoms with E-state index in [-0.39, 0.29) is 27.7 Å². The number of carbonyl (C=O) groups excluding carboxylic acids is 1. The highest BCUT2D eigenvalue weighted by molar-refractivity contribution is 6.30. The van der Waals surface area contributed by atoms with Crippen LogP contribution in [0.1, 0.15) is 23.8 Å². The summed E-state index contributed by atoms with van der Waals surface area (Å²) in [5, 5.41) is 6.48. The zero-order valence-electron chi connectivity index (χ0n) is 12.3. The maximum atomic E-state index is 14.3. The minimum atomic E-state index is -0.777. The fraction of sp³-hybridized carbons (Fsp3) is 0.333. The van der Waals surface area contributed by atoms with E-state index in [1.165, 1.54) is 4.68 Å². The van der Waals surface area contributed by atoms with Gasteiger partial charge in [-0.25, -0.2) is 13.5 Å². The molecule has 0 spiro atoms. The van der Waals surface area contributed by atoms with Crippen LogP contribution in [0.2, 0.25) is 5.02 Å². The Balaban J connectivity index is 2.23. The topological polar surface area (TPSA) is 56.2 Å². The highest BCUT2D eigenvalue weighted by atomic mass is 35.5. The van der Waals surface area contributed by atoms with Crippen molar-refractivity contribution >= 4 is 17.5 Å². The highest BCUT2D eigenvalue weighted by Gasteiger charge is 2.29. The smallest absolute Gasteiger partial charge is 0.272 e. The summed E-state index contributed by atoms with van der Waals surface area (Å²) in [5.74, 6) is -1.73. The molecule has 1 amide bonds. The second-order valence-corrected chi connectivity index (χ2v) is 5.47. The third kappa shape index (κ3) is 2.76. The number of nitrogens with one attached hydrogen (secondary N) is 1. The van der Waals surface area contributed by atoms with Crippen LogP contribution >= 0.6 is 11.6 Å². The van der Waals surface area contributed by atoms with E-state index >= 15 is 0 Å². The maximum absolute atomic E-state index is 14.3. The molecule has 2 heterocycles. The minimum Gasteiger partial charge on any atom is -0.477 e. The molecule has 0 aliphatic carbocycles. The minimum absolute atomic E-state index is 0.00405. The van der Waals surface area contributed by atoms with Gasteiger partial charge in [-0.15, -0.1) is 0 Å². The summed E-state index contributed by atoms with van der Waals surface area (Å²) in [7, 11) is 0. The molecule has 0 saturated heterocycles. The van der Waals surface area contributed by atoms with E-state index in [1.807, 2.05) is 0 Å². The van der Waals surface area contributed by atoms with Crippen LogP contribution in [-0.4, -0.2) is 28.8 Å². The lowest BCUT2D eigenvalue weighted by atomic mass is 10.0. The molecule has 122 valence electrons. The highest BCUT2D eigenvalue weighted by Crippen LogP contribution is 2.38. The molecule has 0 atom stereocenters. The lowest BCUT2D eigenvalue weighted by Crippen LogP contribution is -2.24. The van der Waals surface area contributed by atoms with Gasteiger partial charge in [-0.05, 0) is 19.1 Å². The first-order chi connectivity index (χ1) is 11.0. The van der Waals surface area contributed by atoms with Crippen LogP contribution in [0.15, 0.2) is 12.1 Å². The van der Waals surface area contributed by atoms with E-state index in [2.05, 4.69) is 10.4 Å². The zero-order chi connectivity index (χ0) is 16.6. The number of benzene rings is 1. The van der Waals surface area contributed by atoms with Gasteiger partial charge >= 0.3 is 0 Å². The molecule has 2 aromatic rings. The van der Waals surface area contributed by atoms with Gasteiger partial charge in [-0.2, -0.15) is 5.10 Å². The molecule has 1 aromatic heterocycles. The summed E-state index contributed by atoms with van der Waals surface area (Å²) in [6.45, 7) is 3.11. The van der Waals surface area contributed by atoms with Gasteiger partial charge in [0, 0.05) is 25.1 Å². The summed E-state index contributed by atoms with van der Waals surface area (Å²) in [6.07, 6.45) is 0.723. The van der Waals surface area contributed by atoms with Crippen molar-refractivity contribution in [2.24, 2.45) is 0 Å². The number of fused-ring (bicyclic) bond motifs is 1. The molecule has 1 aromatic carbocycles. The summed E-state index contributed by atoms with van der Waals surface area (Å²) in [5.41, 5.74) is 0.0457. The predicted molar refractivity (Wildman–Crippen MR) is 80.7 cm³/mol. The van der Waals surface area contributed by atoms with E-state index in [4.69, 9.17) is 16.3 Å². The molecular formula is C15H14ClF2N3O2. The Morgan fingerprint density at radius 2 is 2.22 bits per heavy atom. The van der Waals surface area contributed by atoms with Crippen molar-refractivity contribution in [3.63, 3.8) is 0 Å². The molecule has 8 heteroatoms. The summed E-state index contributed by atoms with van der Waals surface area (Å²) < 4.78 is 35.2. The number of aromatic nitrogens is 2. The fourth-order valence-corrected chi connectivity index (χ4v) is 2.64. The number of aryl methyl sites for hydroxylation is 1. The van der Waals surface area contributed by atoms with E-state index in [0.717, 1.165) is 18.6 Å². The Morgan fingerprint density at radius 1 is 1.43 bits per heavy atom. The molecule has 0 unspecified atom stereocenters. The quantitative estimate of drug-likeness (QED) is 0.873. The number of carbonyl (C=O) groups is 1. The first-order valence-corrected chi connectivity index (χ1v) is 7.57. The molecule has 0 saturated carbocycles. The first kappa shape index (κ1) is 15.7. The predicted octanol–water partition coefficient (Wildman–Crippen LogP) is 3.01. The molecule has 23 heavy (non-hydrogen) atoms. The third-order valence-corrected chi connectivity index (χ3v) is 3.78. The van der Waals surface area contributed by atoms with E-state index in [1.54, 1.807) is 6.92 Å². The number of ether oxygens (including phenoxy) is 1. The molecule has 5 nitrogen and oxygen atoms in total. The van der Waals surface area contributed by atoms with Gasteiger partial charge in [0.05, 0.1) is 17.2 Å². The SMILES string of the molecule is CCNC(=O)c1nn2c(c1-c1cc(F)c(Cl)cc1F)OCCC2. The molecule has 0 fully saturated rings. The second kappa shape index (κ2) is 6.16. The number of nitrogens with zero attached hydrogens (tertiary/aromatic N) is 2. The van der Waals surface area contributed by atoms with Crippen molar-refractivity contribution in [2.75, 3.05) is 13.2 Å². The Labute approximate surface area is 136 Å². The Morgan fingerprint density at radius 3 is 2.96 bits per heavy atom. The number of hydrogen-bond acceptors (Lipinski definition) is 3. The van der Waals surface area contributed by atoms with Gasteiger partial charge in [-0.3, -0.25) is 4.79 Å². The van der Waals surface area contributed by atoms with Crippen LogP contribution in [0, 0.1) is 11.6 Å². The lowest BCUT2D eigenvalue weighted by molar-refractivity contribution is 0.0950. The van der Waals surface area contributed by atoms with E-state index < -0.39 is 17.5 Å². The summed E-state index contributed by atoms with van der Waals surface area (Å²) in [4.78, 5) is 12.2. The van der Waals surface area contributed by atoms with Crippen LogP contribution in [0.25, 0.3) is 11.1 Å². The Hall–Kier alpha value is -2.15. The molecule has 3 rings (SSSR count). The summed E-state index contributed by atoms with van der Waals surface area (Å²) in [6, 6.07) is 1.83. The largest absolute Gasteiger partial charge is 0.477 e. The van der Waals surface area contributed by atoms with Crippen LogP contribution in [0.5, 0.6) is 5.88 Å². The molecule has 0 bridgehead atoms. The van der Waals surface area contributed by atoms with Crippen molar-refractivity contribution < 1.29 is 18.3 Å². The van der Waals surface area contributed by atoms with Crippen molar-refractivity contribution in [1.82, 2.24) is 15.1 Å². The number of hydrogen-bond donors (Lipinski definition) is 1. The van der Waals surface area contributed by atoms with Gasteiger partial charge in [0.15, 0.2) is 5.69 Å². The average molecular weight is 342 g/mol. The first-order valence-electron chi connectivity index (χ1n) is 7.19. The zero-order valence-corrected chi connectivity index (χ0v) is 13.1. The fourth-order valence-electron chi connectivity index (χ4n) is 2.49. The van der Waals surface area contributed by atoms with Gasteiger partial charge in [0.1, 0.15) is 11.6 Å². The number of halogens is 3. The van der Waals surface area contributed by atoms with Crippen molar-refractivity contribution in [3.05, 3.63) is 34.5 Å². The molecular weight excluding hydrogens is 328 g/mol. The van der Waals surface area contributed by atoms with Crippen molar-refractivity contribution in [2.45, 2.75) is 19.9 Å². The van der Waals surface area contributed by atoms with E-state index in [9.17, 15) is 13.6 Å². The van der Waals surface area contributed by atoms with Crippen molar-refractivity contribution in [1.29, 1.82) is 0 Å². The summed E-state index contributed by atoms with van der Waals surface area (Å²) >= 11 is 5.60. The standard InChI is InChI=1S/C15H14ClF2N3O2/c1-2-19-14(22)13-12(15-21(20-13)4-3-5-23-15)8-6-11(18)9(16)7-10(8)17/h6-7H,2-5H2,1H3,(H,19,22). The monoisotopic (exact) mass is 341 g/mol. The second-order valence-electron chi connectivity index (χ2n) is 5.06. The molecule has 1 N–H and O–H groups in total. The van der Waals surface area contributed by atoms with Gasteiger partial charge < -0.3 is 10.1 Å². The maximum Gasteiger partial charge on any atom is 0.272 e.